The largest absolute Gasteiger partial charge is 0.398 e. The number of amides is 1. The van der Waals surface area contributed by atoms with E-state index < -0.39 is 18.5 Å². The Bertz CT molecular complexity index is 395. The molecule has 0 aliphatic carbocycles. The molecule has 0 aromatic carbocycles. The minimum Gasteiger partial charge on any atom is -0.398 e. The summed E-state index contributed by atoms with van der Waals surface area (Å²) in [4.78, 5) is 13.9. The normalized spacial score (nSPS) is 11.6. The van der Waals surface area contributed by atoms with Gasteiger partial charge in [0.25, 0.3) is 5.91 Å². The quantitative estimate of drug-likeness (QED) is 0.914. The topological polar surface area (TPSA) is 46.3 Å². The number of nitrogens with two attached hydrogens (primary N) is 1. The molecule has 0 saturated carbocycles. The van der Waals surface area contributed by atoms with Gasteiger partial charge in [-0.05, 0) is 13.0 Å². The van der Waals surface area contributed by atoms with E-state index in [-0.39, 0.29) is 6.54 Å². The first kappa shape index (κ1) is 13.8. The molecule has 1 heterocycles. The Kier molecular flexibility index (Phi) is 4.03. The third kappa shape index (κ3) is 3.92. The lowest BCUT2D eigenvalue weighted by atomic mass is 10.3. The van der Waals surface area contributed by atoms with E-state index in [1.54, 1.807) is 6.92 Å². The predicted octanol–water partition coefficient (Wildman–Crippen LogP) is 2.66. The lowest BCUT2D eigenvalue weighted by Crippen LogP contribution is -2.30. The summed E-state index contributed by atoms with van der Waals surface area (Å²) >= 11 is 1.19. The number of hydrogen-bond donors (Lipinski definition) is 1. The Morgan fingerprint density at radius 3 is 2.53 bits per heavy atom. The molecule has 0 spiro atoms. The molecule has 0 bridgehead atoms. The van der Waals surface area contributed by atoms with Crippen molar-refractivity contribution in [2.75, 3.05) is 19.3 Å². The Morgan fingerprint density at radius 2 is 2.12 bits per heavy atom. The highest BCUT2D eigenvalue weighted by Crippen LogP contribution is 2.25. The van der Waals surface area contributed by atoms with Gasteiger partial charge >= 0.3 is 6.18 Å². The van der Waals surface area contributed by atoms with Crippen molar-refractivity contribution in [3.63, 3.8) is 0 Å². The first-order chi connectivity index (χ1) is 7.70. The van der Waals surface area contributed by atoms with Gasteiger partial charge < -0.3 is 10.6 Å². The minimum absolute atomic E-state index is 0.348. The van der Waals surface area contributed by atoms with Crippen LogP contribution in [0, 0.1) is 6.92 Å². The van der Waals surface area contributed by atoms with Crippen LogP contribution < -0.4 is 5.73 Å². The number of nitrogens with zero attached hydrogens (tertiary/aromatic N) is 1. The van der Waals surface area contributed by atoms with Crippen LogP contribution in [0.25, 0.3) is 0 Å². The zero-order valence-corrected chi connectivity index (χ0v) is 10.3. The Hall–Kier alpha value is -1.24. The summed E-state index contributed by atoms with van der Waals surface area (Å²) in [6, 6.07) is 1.49. The molecule has 0 radical (unpaired) electrons. The maximum absolute atomic E-state index is 12.0. The summed E-state index contributed by atoms with van der Waals surface area (Å²) < 4.78 is 36.0. The lowest BCUT2D eigenvalue weighted by molar-refractivity contribution is -0.136. The summed E-state index contributed by atoms with van der Waals surface area (Å²) in [5.41, 5.74) is 6.07. The summed E-state index contributed by atoms with van der Waals surface area (Å²) in [5.74, 6) is -0.431. The third-order valence-electron chi connectivity index (χ3n) is 2.24. The highest BCUT2D eigenvalue weighted by molar-refractivity contribution is 7.14. The number of carbonyl (C=O) groups is 1. The van der Waals surface area contributed by atoms with Crippen molar-refractivity contribution in [2.45, 2.75) is 19.5 Å². The van der Waals surface area contributed by atoms with Crippen LogP contribution in [0.15, 0.2) is 6.07 Å². The number of carbonyl (C=O) groups excluding carboxylic acids is 1. The van der Waals surface area contributed by atoms with Crippen LogP contribution >= 0.6 is 11.3 Å². The molecule has 0 saturated heterocycles. The van der Waals surface area contributed by atoms with Crippen molar-refractivity contribution < 1.29 is 18.0 Å². The molecule has 0 aliphatic heterocycles. The molecule has 3 nitrogen and oxygen atoms in total. The van der Waals surface area contributed by atoms with Crippen LogP contribution in [0.2, 0.25) is 0 Å². The van der Waals surface area contributed by atoms with Gasteiger partial charge in [-0.1, -0.05) is 0 Å². The van der Waals surface area contributed by atoms with Crippen LogP contribution in [0.4, 0.5) is 18.9 Å². The summed E-state index contributed by atoms with van der Waals surface area (Å²) in [6.45, 7) is 1.41. The highest BCUT2D eigenvalue weighted by atomic mass is 32.1. The van der Waals surface area contributed by atoms with Crippen molar-refractivity contribution >= 4 is 22.9 Å². The number of nitrogen functional groups attached to an aromatic ring is 1. The summed E-state index contributed by atoms with van der Waals surface area (Å²) in [7, 11) is 1.35. The Labute approximate surface area is 101 Å². The second-order valence-electron chi connectivity index (χ2n) is 3.71. The highest BCUT2D eigenvalue weighted by Gasteiger charge is 2.28. The molecule has 0 fully saturated rings. The first-order valence-electron chi connectivity index (χ1n) is 4.89. The van der Waals surface area contributed by atoms with E-state index >= 15 is 0 Å². The average Bonchev–Trinajstić information content (AvgIpc) is 2.53. The molecule has 2 N–H and O–H groups in total. The van der Waals surface area contributed by atoms with Crippen molar-refractivity contribution in [3.8, 4) is 0 Å². The van der Waals surface area contributed by atoms with Crippen molar-refractivity contribution in [1.29, 1.82) is 0 Å². The van der Waals surface area contributed by atoms with Gasteiger partial charge in [-0.3, -0.25) is 4.79 Å². The van der Waals surface area contributed by atoms with E-state index in [0.29, 0.717) is 10.6 Å². The van der Waals surface area contributed by atoms with Gasteiger partial charge in [0.15, 0.2) is 0 Å². The second kappa shape index (κ2) is 4.95. The molecular formula is C10H13F3N2OS. The fourth-order valence-electron chi connectivity index (χ4n) is 1.19. The number of anilines is 1. The van der Waals surface area contributed by atoms with Crippen molar-refractivity contribution in [1.82, 2.24) is 4.90 Å². The molecule has 17 heavy (non-hydrogen) atoms. The Balaban J connectivity index is 2.64. The fraction of sp³-hybridized carbons (Fsp3) is 0.500. The minimum atomic E-state index is -4.25. The Morgan fingerprint density at radius 1 is 1.53 bits per heavy atom. The van der Waals surface area contributed by atoms with Crippen LogP contribution in [-0.4, -0.2) is 30.6 Å². The van der Waals surface area contributed by atoms with E-state index in [1.807, 2.05) is 0 Å². The van der Waals surface area contributed by atoms with Gasteiger partial charge in [0.05, 0.1) is 11.3 Å². The molecule has 1 amide bonds. The van der Waals surface area contributed by atoms with Crippen LogP contribution in [-0.2, 0) is 0 Å². The van der Waals surface area contributed by atoms with Gasteiger partial charge in [0.1, 0.15) is 0 Å². The monoisotopic (exact) mass is 266 g/mol. The molecule has 0 atom stereocenters. The second-order valence-corrected chi connectivity index (χ2v) is 4.97. The standard InChI is InChI=1S/C10H13F3N2OS/c1-6-7(14)5-8(17-6)9(16)15(2)4-3-10(11,12)13/h5H,3-4,14H2,1-2H3. The molecule has 1 aromatic rings. The SMILES string of the molecule is Cc1sc(C(=O)N(C)CCC(F)(F)F)cc1N. The van der Waals surface area contributed by atoms with Gasteiger partial charge in [0, 0.05) is 24.2 Å². The number of alkyl halides is 3. The van der Waals surface area contributed by atoms with E-state index in [0.717, 1.165) is 9.78 Å². The first-order valence-corrected chi connectivity index (χ1v) is 5.70. The molecular weight excluding hydrogens is 253 g/mol. The van der Waals surface area contributed by atoms with Gasteiger partial charge in [-0.2, -0.15) is 13.2 Å². The fourth-order valence-corrected chi connectivity index (χ4v) is 2.12. The van der Waals surface area contributed by atoms with E-state index in [9.17, 15) is 18.0 Å². The number of rotatable bonds is 3. The molecule has 1 rings (SSSR count). The number of hydrogen-bond acceptors (Lipinski definition) is 3. The summed E-state index contributed by atoms with van der Waals surface area (Å²) in [6.07, 6.45) is -5.26. The van der Waals surface area contributed by atoms with Crippen LogP contribution in [0.5, 0.6) is 0 Å². The van der Waals surface area contributed by atoms with Crippen LogP contribution in [0.1, 0.15) is 21.0 Å². The van der Waals surface area contributed by atoms with Crippen molar-refractivity contribution in [2.24, 2.45) is 0 Å². The molecule has 0 aliphatic rings. The van der Waals surface area contributed by atoms with E-state index in [2.05, 4.69) is 0 Å². The van der Waals surface area contributed by atoms with Crippen molar-refractivity contribution in [3.05, 3.63) is 15.8 Å². The molecule has 0 unspecified atom stereocenters. The average molecular weight is 266 g/mol. The maximum Gasteiger partial charge on any atom is 0.390 e. The third-order valence-corrected chi connectivity index (χ3v) is 3.30. The van der Waals surface area contributed by atoms with Gasteiger partial charge in [-0.15, -0.1) is 11.3 Å². The number of aryl methyl sites for hydroxylation is 1. The summed E-state index contributed by atoms with van der Waals surface area (Å²) in [5, 5.41) is 0. The van der Waals surface area contributed by atoms with Gasteiger partial charge in [-0.25, -0.2) is 0 Å². The molecule has 7 heteroatoms. The number of halogens is 3. The maximum atomic E-state index is 12.0. The van der Waals surface area contributed by atoms with E-state index in [4.69, 9.17) is 5.73 Å². The van der Waals surface area contributed by atoms with Crippen LogP contribution in [0.3, 0.4) is 0 Å². The van der Waals surface area contributed by atoms with Gasteiger partial charge in [0.2, 0.25) is 0 Å². The zero-order valence-electron chi connectivity index (χ0n) is 9.47. The lowest BCUT2D eigenvalue weighted by Gasteiger charge is -2.17. The number of thiophene rings is 1. The molecule has 96 valence electrons. The van der Waals surface area contributed by atoms with E-state index in [1.165, 1.54) is 24.5 Å². The predicted molar refractivity (Wildman–Crippen MR) is 61.1 cm³/mol. The molecule has 1 aromatic heterocycles. The smallest absolute Gasteiger partial charge is 0.390 e. The zero-order chi connectivity index (χ0) is 13.2.